The first kappa shape index (κ1) is 19.7. The second kappa shape index (κ2) is 9.76. The Morgan fingerprint density at radius 2 is 2.00 bits per heavy atom. The van der Waals surface area contributed by atoms with Crippen molar-refractivity contribution in [2.45, 2.75) is 45.6 Å². The van der Waals surface area contributed by atoms with Crippen LogP contribution in [0.4, 0.5) is 0 Å². The van der Waals surface area contributed by atoms with Crippen LogP contribution in [0.5, 0.6) is 0 Å². The Balaban J connectivity index is 2.25. The van der Waals surface area contributed by atoms with Gasteiger partial charge in [-0.3, -0.25) is 9.44 Å². The summed E-state index contributed by atoms with van der Waals surface area (Å²) >= 11 is -2.83. The van der Waals surface area contributed by atoms with Gasteiger partial charge in [0.05, 0.1) is 23.3 Å². The van der Waals surface area contributed by atoms with Gasteiger partial charge in [0.1, 0.15) is 12.4 Å². The molecule has 0 fully saturated rings. The van der Waals surface area contributed by atoms with Crippen molar-refractivity contribution in [3.05, 3.63) is 53.1 Å². The maximum Gasteiger partial charge on any atom is 0.212 e. The molecule has 2 atom stereocenters. The molecule has 1 aromatic carbocycles. The summed E-state index contributed by atoms with van der Waals surface area (Å²) in [5.41, 5.74) is 2.01. The number of aromatic nitrogens is 2. The fraction of sp³-hybridized carbons (Fsp3) is 0.438. The first-order chi connectivity index (χ1) is 12.0. The van der Waals surface area contributed by atoms with E-state index in [1.165, 1.54) is 6.20 Å². The summed E-state index contributed by atoms with van der Waals surface area (Å²) in [4.78, 5) is 8.40. The number of rotatable bonds is 10. The number of hydrogen-bond acceptors (Lipinski definition) is 7. The number of aliphatic hydroxyl groups excluding tert-OH is 1. The van der Waals surface area contributed by atoms with Crippen molar-refractivity contribution in [1.82, 2.24) is 9.55 Å². The number of imidazole rings is 1. The highest BCUT2D eigenvalue weighted by Crippen LogP contribution is 2.20. The second-order valence-corrected chi connectivity index (χ2v) is 6.13. The molecule has 0 aliphatic carbocycles. The summed E-state index contributed by atoms with van der Waals surface area (Å²) in [6.07, 6.45) is 2.44. The van der Waals surface area contributed by atoms with E-state index in [1.807, 2.05) is 24.3 Å². The Labute approximate surface area is 148 Å². The number of aryl methyl sites for hydroxylation is 1. The monoisotopic (exact) mass is 369 g/mol. The molecule has 0 saturated carbocycles. The molecule has 0 spiro atoms. The fourth-order valence-corrected chi connectivity index (χ4v) is 2.71. The van der Waals surface area contributed by atoms with Crippen LogP contribution >= 0.6 is 0 Å². The molecule has 2 aromatic rings. The third-order valence-corrected chi connectivity index (χ3v) is 4.08. The highest BCUT2D eigenvalue weighted by Gasteiger charge is 2.18. The third-order valence-electron chi connectivity index (χ3n) is 3.74. The summed E-state index contributed by atoms with van der Waals surface area (Å²) in [5, 5.41) is 18.5. The van der Waals surface area contributed by atoms with Crippen molar-refractivity contribution in [3.8, 4) is 0 Å². The van der Waals surface area contributed by atoms with Gasteiger partial charge in [0, 0.05) is 13.0 Å². The molecule has 25 heavy (non-hydrogen) atoms. The minimum absolute atomic E-state index is 0.0974. The molecule has 0 bridgehead atoms. The predicted octanol–water partition coefficient (Wildman–Crippen LogP) is 2.07. The number of hydrogen-bond donors (Lipinski definition) is 2. The summed E-state index contributed by atoms with van der Waals surface area (Å²) in [6.45, 7) is 2.56. The molecule has 0 aliphatic heterocycles. The van der Waals surface area contributed by atoms with E-state index in [0.29, 0.717) is 13.0 Å². The third kappa shape index (κ3) is 5.70. The number of aliphatic hydroxyl groups is 1. The summed E-state index contributed by atoms with van der Waals surface area (Å²) < 4.78 is 27.6. The minimum Gasteiger partial charge on any atom is -0.750 e. The van der Waals surface area contributed by atoms with E-state index in [-0.39, 0.29) is 12.3 Å². The maximum atomic E-state index is 10.7. The minimum atomic E-state index is -2.83. The molecule has 8 nitrogen and oxygen atoms in total. The van der Waals surface area contributed by atoms with Gasteiger partial charge in [-0.15, -0.1) is 0 Å². The van der Waals surface area contributed by atoms with Crippen LogP contribution in [0, 0.1) is 0 Å². The molecule has 0 amide bonds. The zero-order valence-electron chi connectivity index (χ0n) is 13.8. The van der Waals surface area contributed by atoms with Crippen LogP contribution in [-0.2, 0) is 40.0 Å². The number of benzene rings is 1. The molecule has 2 unspecified atom stereocenters. The van der Waals surface area contributed by atoms with Crippen molar-refractivity contribution in [1.29, 1.82) is 0 Å². The summed E-state index contributed by atoms with van der Waals surface area (Å²) in [6, 6.07) is 7.35. The van der Waals surface area contributed by atoms with Gasteiger partial charge in [-0.1, -0.05) is 37.6 Å². The molecule has 1 heterocycles. The van der Waals surface area contributed by atoms with Gasteiger partial charge in [0.15, 0.2) is 0 Å². The summed E-state index contributed by atoms with van der Waals surface area (Å²) in [7, 11) is 0. The fourth-order valence-electron chi connectivity index (χ4n) is 2.46. The van der Waals surface area contributed by atoms with Crippen molar-refractivity contribution in [3.63, 3.8) is 0 Å². The summed E-state index contributed by atoms with van der Waals surface area (Å²) in [5.74, 6) is 0.749. The van der Waals surface area contributed by atoms with Gasteiger partial charge >= 0.3 is 0 Å². The zero-order chi connectivity index (χ0) is 18.2. The van der Waals surface area contributed by atoms with Gasteiger partial charge in [0.2, 0.25) is 6.29 Å². The molecule has 2 rings (SSSR count). The molecule has 0 saturated heterocycles. The van der Waals surface area contributed by atoms with E-state index in [0.717, 1.165) is 29.8 Å². The molecule has 0 radical (unpaired) electrons. The van der Waals surface area contributed by atoms with Crippen LogP contribution in [0.2, 0.25) is 0 Å². The Hall–Kier alpha value is -1.62. The highest BCUT2D eigenvalue weighted by atomic mass is 32.2. The molecule has 1 aromatic heterocycles. The molecular formula is C16H21N2O6S-. The van der Waals surface area contributed by atoms with Gasteiger partial charge in [-0.25, -0.2) is 14.1 Å². The van der Waals surface area contributed by atoms with Crippen LogP contribution in [0.3, 0.4) is 0 Å². The number of nitrogens with zero attached hydrogens (tertiary/aromatic N) is 2. The van der Waals surface area contributed by atoms with Crippen LogP contribution in [0.15, 0.2) is 30.5 Å². The first-order valence-electron chi connectivity index (χ1n) is 7.88. The smallest absolute Gasteiger partial charge is 0.212 e. The van der Waals surface area contributed by atoms with Gasteiger partial charge < -0.3 is 14.2 Å². The van der Waals surface area contributed by atoms with Crippen LogP contribution in [0.25, 0.3) is 0 Å². The van der Waals surface area contributed by atoms with E-state index in [1.54, 1.807) is 4.57 Å². The van der Waals surface area contributed by atoms with Crippen LogP contribution in [0.1, 0.15) is 48.7 Å². The predicted molar refractivity (Wildman–Crippen MR) is 88.8 cm³/mol. The van der Waals surface area contributed by atoms with E-state index in [2.05, 4.69) is 21.0 Å². The van der Waals surface area contributed by atoms with Gasteiger partial charge in [-0.2, -0.15) is 0 Å². The lowest BCUT2D eigenvalue weighted by atomic mass is 10.1. The SMILES string of the molecule is CCCCc1ncc(C(O)OS(=O)[O-])n1Cc1ccc(COO)cc1. The molecule has 2 N–H and O–H groups in total. The Morgan fingerprint density at radius 1 is 1.32 bits per heavy atom. The molecular weight excluding hydrogens is 348 g/mol. The Kier molecular flexibility index (Phi) is 7.69. The Morgan fingerprint density at radius 3 is 2.60 bits per heavy atom. The lowest BCUT2D eigenvalue weighted by molar-refractivity contribution is -0.253. The van der Waals surface area contributed by atoms with Crippen molar-refractivity contribution in [2.75, 3.05) is 0 Å². The normalized spacial score (nSPS) is 13.8. The Bertz CT molecular complexity index is 688. The van der Waals surface area contributed by atoms with E-state index in [4.69, 9.17) is 5.26 Å². The van der Waals surface area contributed by atoms with Crippen LogP contribution < -0.4 is 0 Å². The van der Waals surface area contributed by atoms with Crippen molar-refractivity contribution < 1.29 is 28.2 Å². The average Bonchev–Trinajstić information content (AvgIpc) is 2.97. The van der Waals surface area contributed by atoms with Crippen molar-refractivity contribution in [2.24, 2.45) is 0 Å². The second-order valence-electron chi connectivity index (χ2n) is 5.53. The maximum absolute atomic E-state index is 10.7. The van der Waals surface area contributed by atoms with Crippen molar-refractivity contribution >= 4 is 11.4 Å². The molecule has 0 aliphatic rings. The quantitative estimate of drug-likeness (QED) is 0.285. The lowest BCUT2D eigenvalue weighted by Crippen LogP contribution is -2.14. The van der Waals surface area contributed by atoms with E-state index < -0.39 is 17.7 Å². The van der Waals surface area contributed by atoms with Crippen LogP contribution in [-0.4, -0.2) is 28.7 Å². The molecule has 9 heteroatoms. The van der Waals surface area contributed by atoms with E-state index in [9.17, 15) is 13.9 Å². The lowest BCUT2D eigenvalue weighted by Gasteiger charge is -2.17. The number of unbranched alkanes of at least 4 members (excludes halogenated alkanes) is 1. The average molecular weight is 369 g/mol. The standard InChI is InChI=1S/C16H22N2O6S/c1-2-3-4-15-17-9-14(16(19)24-25(21)22)18(15)10-12-5-7-13(8-6-12)11-23-20/h5-9,16,19-20H,2-4,10-11H2,1H3,(H,21,22)/p-1. The van der Waals surface area contributed by atoms with Gasteiger partial charge in [-0.05, 0) is 17.5 Å². The largest absolute Gasteiger partial charge is 0.750 e. The molecule has 138 valence electrons. The topological polar surface area (TPSA) is 117 Å². The van der Waals surface area contributed by atoms with Gasteiger partial charge in [0.25, 0.3) is 0 Å². The first-order valence-corrected chi connectivity index (χ1v) is 8.88. The zero-order valence-corrected chi connectivity index (χ0v) is 14.6. The van der Waals surface area contributed by atoms with E-state index >= 15 is 0 Å². The highest BCUT2D eigenvalue weighted by molar-refractivity contribution is 7.74.